The van der Waals surface area contributed by atoms with Crippen molar-refractivity contribution in [3.05, 3.63) is 11.6 Å². The van der Waals surface area contributed by atoms with Gasteiger partial charge in [-0.05, 0) is 33.2 Å². The molecule has 0 aliphatic carbocycles. The fourth-order valence-corrected chi connectivity index (χ4v) is 1.93. The van der Waals surface area contributed by atoms with Gasteiger partial charge in [-0.15, -0.1) is 0 Å². The van der Waals surface area contributed by atoms with Crippen LogP contribution in [0.5, 0.6) is 0 Å². The minimum atomic E-state index is 0.671. The van der Waals surface area contributed by atoms with Crippen molar-refractivity contribution in [3.63, 3.8) is 0 Å². The number of rotatable bonds is 5. The van der Waals surface area contributed by atoms with E-state index in [9.17, 15) is 0 Å². The summed E-state index contributed by atoms with van der Waals surface area (Å²) in [4.78, 5) is 2.57. The maximum absolute atomic E-state index is 3.49. The minimum absolute atomic E-state index is 0.671. The zero-order chi connectivity index (χ0) is 10.4. The van der Waals surface area contributed by atoms with Crippen LogP contribution < -0.4 is 5.32 Å². The van der Waals surface area contributed by atoms with Gasteiger partial charge in [-0.25, -0.2) is 0 Å². The lowest BCUT2D eigenvalue weighted by Gasteiger charge is -2.32. The number of nitrogens with zero attached hydrogens (tertiary/aromatic N) is 1. The van der Waals surface area contributed by atoms with Gasteiger partial charge >= 0.3 is 0 Å². The zero-order valence-corrected chi connectivity index (χ0v) is 9.84. The summed E-state index contributed by atoms with van der Waals surface area (Å²) in [7, 11) is 0. The molecule has 1 aliphatic heterocycles. The average molecular weight is 196 g/mol. The standard InChI is InChI=1S/C12H24N2/c1-4-7-13-9-12(3)14-8-5-6-11(2)10-14/h6,12-13H,4-5,7-10H2,1-3H3. The molecule has 0 radical (unpaired) electrons. The van der Waals surface area contributed by atoms with E-state index in [0.29, 0.717) is 6.04 Å². The van der Waals surface area contributed by atoms with Gasteiger partial charge in [0.1, 0.15) is 0 Å². The molecule has 1 rings (SSSR count). The van der Waals surface area contributed by atoms with E-state index >= 15 is 0 Å². The number of hydrogen-bond acceptors (Lipinski definition) is 2. The quantitative estimate of drug-likeness (QED) is 0.534. The topological polar surface area (TPSA) is 15.3 Å². The molecule has 1 N–H and O–H groups in total. The zero-order valence-electron chi connectivity index (χ0n) is 9.84. The molecule has 1 atom stereocenters. The van der Waals surface area contributed by atoms with Crippen molar-refractivity contribution >= 4 is 0 Å². The summed E-state index contributed by atoms with van der Waals surface area (Å²) in [5, 5.41) is 3.49. The van der Waals surface area contributed by atoms with Crippen LogP contribution in [0.1, 0.15) is 33.6 Å². The van der Waals surface area contributed by atoms with E-state index in [1.54, 1.807) is 0 Å². The highest BCUT2D eigenvalue weighted by molar-refractivity contribution is 5.05. The highest BCUT2D eigenvalue weighted by Crippen LogP contribution is 2.11. The summed E-state index contributed by atoms with van der Waals surface area (Å²) in [6.07, 6.45) is 4.82. The predicted octanol–water partition coefficient (Wildman–Crippen LogP) is 2.03. The number of nitrogens with one attached hydrogen (secondary N) is 1. The van der Waals surface area contributed by atoms with Gasteiger partial charge in [-0.2, -0.15) is 0 Å². The fraction of sp³-hybridized carbons (Fsp3) is 0.833. The Kier molecular flexibility index (Phi) is 5.20. The second kappa shape index (κ2) is 6.20. The Morgan fingerprint density at radius 3 is 3.00 bits per heavy atom. The van der Waals surface area contributed by atoms with Gasteiger partial charge in [0.15, 0.2) is 0 Å². The first kappa shape index (κ1) is 11.7. The van der Waals surface area contributed by atoms with Crippen LogP contribution >= 0.6 is 0 Å². The van der Waals surface area contributed by atoms with Crippen LogP contribution in [0.15, 0.2) is 11.6 Å². The van der Waals surface area contributed by atoms with Gasteiger partial charge in [0.05, 0.1) is 0 Å². The first-order chi connectivity index (χ1) is 6.74. The molecule has 0 aromatic heterocycles. The summed E-state index contributed by atoms with van der Waals surface area (Å²) in [5.41, 5.74) is 1.53. The van der Waals surface area contributed by atoms with Crippen LogP contribution in [0.4, 0.5) is 0 Å². The summed E-state index contributed by atoms with van der Waals surface area (Å²) >= 11 is 0. The normalized spacial score (nSPS) is 20.6. The van der Waals surface area contributed by atoms with Crippen LogP contribution in [0.25, 0.3) is 0 Å². The first-order valence-corrected chi connectivity index (χ1v) is 5.84. The molecule has 2 heteroatoms. The lowest BCUT2D eigenvalue weighted by atomic mass is 10.1. The minimum Gasteiger partial charge on any atom is -0.315 e. The fourth-order valence-electron chi connectivity index (χ4n) is 1.93. The third-order valence-corrected chi connectivity index (χ3v) is 2.85. The lowest BCUT2D eigenvalue weighted by Crippen LogP contribution is -2.43. The molecule has 1 unspecified atom stereocenters. The third kappa shape index (κ3) is 3.81. The average Bonchev–Trinajstić information content (AvgIpc) is 2.18. The van der Waals surface area contributed by atoms with Crippen LogP contribution in [0, 0.1) is 0 Å². The molecule has 14 heavy (non-hydrogen) atoms. The molecule has 0 saturated carbocycles. The van der Waals surface area contributed by atoms with Gasteiger partial charge in [-0.3, -0.25) is 4.90 Å². The summed E-state index contributed by atoms with van der Waals surface area (Å²) in [5.74, 6) is 0. The molecule has 0 aromatic rings. The van der Waals surface area contributed by atoms with Gasteiger partial charge in [0, 0.05) is 25.7 Å². The van der Waals surface area contributed by atoms with E-state index in [1.807, 2.05) is 0 Å². The summed E-state index contributed by atoms with van der Waals surface area (Å²) in [6, 6.07) is 0.671. The molecule has 0 aromatic carbocycles. The SMILES string of the molecule is CCCNCC(C)N1CCC=C(C)C1. The van der Waals surface area contributed by atoms with Crippen molar-refractivity contribution in [2.45, 2.75) is 39.7 Å². The molecule has 1 aliphatic rings. The second-order valence-electron chi connectivity index (χ2n) is 4.36. The van der Waals surface area contributed by atoms with Crippen LogP contribution in [0.3, 0.4) is 0 Å². The molecule has 1 heterocycles. The number of hydrogen-bond donors (Lipinski definition) is 1. The van der Waals surface area contributed by atoms with Crippen molar-refractivity contribution in [3.8, 4) is 0 Å². The first-order valence-electron chi connectivity index (χ1n) is 5.84. The van der Waals surface area contributed by atoms with E-state index in [-0.39, 0.29) is 0 Å². The lowest BCUT2D eigenvalue weighted by molar-refractivity contribution is 0.217. The van der Waals surface area contributed by atoms with Crippen LogP contribution in [-0.4, -0.2) is 37.1 Å². The summed E-state index contributed by atoms with van der Waals surface area (Å²) in [6.45, 7) is 11.4. The van der Waals surface area contributed by atoms with E-state index in [1.165, 1.54) is 25.0 Å². The second-order valence-corrected chi connectivity index (χ2v) is 4.36. The Hall–Kier alpha value is -0.340. The van der Waals surface area contributed by atoms with Crippen molar-refractivity contribution < 1.29 is 0 Å². The van der Waals surface area contributed by atoms with Crippen molar-refractivity contribution in [1.29, 1.82) is 0 Å². The highest BCUT2D eigenvalue weighted by atomic mass is 15.2. The predicted molar refractivity (Wildman–Crippen MR) is 62.6 cm³/mol. The monoisotopic (exact) mass is 196 g/mol. The molecule has 0 fully saturated rings. The smallest absolute Gasteiger partial charge is 0.0195 e. The van der Waals surface area contributed by atoms with Gasteiger partial charge in [-0.1, -0.05) is 18.6 Å². The third-order valence-electron chi connectivity index (χ3n) is 2.85. The molecule has 0 amide bonds. The molecule has 0 saturated heterocycles. The van der Waals surface area contributed by atoms with Gasteiger partial charge in [0.2, 0.25) is 0 Å². The summed E-state index contributed by atoms with van der Waals surface area (Å²) < 4.78 is 0. The Bertz CT molecular complexity index is 187. The van der Waals surface area contributed by atoms with E-state index in [2.05, 4.69) is 37.1 Å². The van der Waals surface area contributed by atoms with E-state index in [4.69, 9.17) is 0 Å². The van der Waals surface area contributed by atoms with Crippen LogP contribution in [0.2, 0.25) is 0 Å². The Labute approximate surface area is 88.4 Å². The molecular weight excluding hydrogens is 172 g/mol. The maximum atomic E-state index is 3.49. The van der Waals surface area contributed by atoms with Crippen molar-refractivity contribution in [2.24, 2.45) is 0 Å². The molecule has 0 spiro atoms. The van der Waals surface area contributed by atoms with Gasteiger partial charge in [0.25, 0.3) is 0 Å². The Morgan fingerprint density at radius 2 is 2.36 bits per heavy atom. The maximum Gasteiger partial charge on any atom is 0.0195 e. The molecule has 2 nitrogen and oxygen atoms in total. The Morgan fingerprint density at radius 1 is 1.57 bits per heavy atom. The van der Waals surface area contributed by atoms with E-state index < -0.39 is 0 Å². The molecular formula is C12H24N2. The molecule has 82 valence electrons. The van der Waals surface area contributed by atoms with Crippen molar-refractivity contribution in [1.82, 2.24) is 10.2 Å². The Balaban J connectivity index is 2.23. The van der Waals surface area contributed by atoms with Crippen LogP contribution in [-0.2, 0) is 0 Å². The largest absolute Gasteiger partial charge is 0.315 e. The van der Waals surface area contributed by atoms with Gasteiger partial charge < -0.3 is 5.32 Å². The highest BCUT2D eigenvalue weighted by Gasteiger charge is 2.15. The van der Waals surface area contributed by atoms with E-state index in [0.717, 1.165) is 19.6 Å². The molecule has 0 bridgehead atoms. The van der Waals surface area contributed by atoms with Crippen molar-refractivity contribution in [2.75, 3.05) is 26.2 Å².